The number of nitrogens with one attached hydrogen (secondary N) is 1. The van der Waals surface area contributed by atoms with Gasteiger partial charge in [0.2, 0.25) is 0 Å². The zero-order valence-corrected chi connectivity index (χ0v) is 20.9. The molecule has 0 aliphatic heterocycles. The summed E-state index contributed by atoms with van der Waals surface area (Å²) in [7, 11) is 0. The molecule has 3 aromatic rings. The van der Waals surface area contributed by atoms with E-state index < -0.39 is 23.4 Å². The number of ether oxygens (including phenoxy) is 1. The van der Waals surface area contributed by atoms with Gasteiger partial charge in [-0.2, -0.15) is 0 Å². The lowest BCUT2D eigenvalue weighted by Crippen LogP contribution is -2.25. The molecule has 0 saturated heterocycles. The van der Waals surface area contributed by atoms with E-state index in [1.54, 1.807) is 40.7 Å². The van der Waals surface area contributed by atoms with Gasteiger partial charge >= 0.3 is 5.97 Å². The smallest absolute Gasteiger partial charge is 0.359 e. The Bertz CT molecular complexity index is 1270. The number of esters is 1. The van der Waals surface area contributed by atoms with E-state index in [2.05, 4.69) is 10.3 Å². The van der Waals surface area contributed by atoms with Crippen LogP contribution < -0.4 is 10.7 Å². The van der Waals surface area contributed by atoms with E-state index in [9.17, 15) is 14.0 Å². The lowest BCUT2D eigenvalue weighted by Gasteiger charge is -2.22. The maximum atomic E-state index is 14.5. The highest BCUT2D eigenvalue weighted by Gasteiger charge is 2.24. The summed E-state index contributed by atoms with van der Waals surface area (Å²) in [5.74, 6) is -0.488. The molecule has 1 N–H and O–H groups in total. The number of fused-ring (bicyclic) bond motifs is 1. The summed E-state index contributed by atoms with van der Waals surface area (Å²) in [6.45, 7) is 10.6. The second-order valence-corrected chi connectivity index (χ2v) is 10.2. The van der Waals surface area contributed by atoms with Gasteiger partial charge in [-0.05, 0) is 64.6 Å². The molecule has 0 aliphatic carbocycles. The van der Waals surface area contributed by atoms with E-state index in [1.807, 2.05) is 6.92 Å². The van der Waals surface area contributed by atoms with Crippen molar-refractivity contribution in [3.05, 3.63) is 62.3 Å². The van der Waals surface area contributed by atoms with Crippen molar-refractivity contribution in [1.82, 2.24) is 4.98 Å². The summed E-state index contributed by atoms with van der Waals surface area (Å²) in [4.78, 5) is 29.7. The number of rotatable bonds is 6. The van der Waals surface area contributed by atoms with Crippen LogP contribution >= 0.6 is 23.4 Å². The lowest BCUT2D eigenvalue weighted by molar-refractivity contribution is 0.00640. The fraction of sp³-hybridized carbons (Fsp3) is 0.375. The summed E-state index contributed by atoms with van der Waals surface area (Å²) in [6, 6.07) is 5.09. The first-order valence-corrected chi connectivity index (χ1v) is 11.8. The number of anilines is 1. The van der Waals surface area contributed by atoms with Crippen LogP contribution in [0.15, 0.2) is 38.6 Å². The molecule has 0 aliphatic rings. The van der Waals surface area contributed by atoms with E-state index in [1.165, 1.54) is 30.0 Å². The number of hydrogen-bond acceptors (Lipinski definition) is 7. The van der Waals surface area contributed by atoms with Crippen molar-refractivity contribution in [2.75, 3.05) is 11.1 Å². The van der Waals surface area contributed by atoms with Gasteiger partial charge in [-0.3, -0.25) is 4.79 Å². The molecule has 3 rings (SSSR count). The largest absolute Gasteiger partial charge is 0.455 e. The van der Waals surface area contributed by atoms with E-state index in [-0.39, 0.29) is 21.7 Å². The molecule has 6 nitrogen and oxygen atoms in total. The molecule has 0 saturated carbocycles. The maximum Gasteiger partial charge on any atom is 0.359 e. The molecule has 1 unspecified atom stereocenters. The molecular weight excluding hydrogens is 467 g/mol. The van der Waals surface area contributed by atoms with Crippen LogP contribution in [0.1, 0.15) is 62.3 Å². The van der Waals surface area contributed by atoms with Crippen LogP contribution in [0, 0.1) is 12.7 Å². The van der Waals surface area contributed by atoms with Crippen LogP contribution in [0.4, 0.5) is 10.1 Å². The van der Waals surface area contributed by atoms with Crippen LogP contribution in [0.25, 0.3) is 11.0 Å². The third-order valence-electron chi connectivity index (χ3n) is 4.74. The Morgan fingerprint density at radius 1 is 1.33 bits per heavy atom. The summed E-state index contributed by atoms with van der Waals surface area (Å²) in [5, 5.41) is 3.96. The average molecular weight is 493 g/mol. The molecular formula is C24H26ClFN2O4S. The molecule has 0 bridgehead atoms. The first-order chi connectivity index (χ1) is 15.4. The Balaban J connectivity index is 2.09. The molecule has 2 heterocycles. The van der Waals surface area contributed by atoms with Gasteiger partial charge in [-0.1, -0.05) is 30.3 Å². The number of nitrogens with zero attached hydrogens (tertiary/aromatic N) is 1. The molecule has 0 amide bonds. The molecule has 0 spiro atoms. The fourth-order valence-corrected chi connectivity index (χ4v) is 4.16. The van der Waals surface area contributed by atoms with Gasteiger partial charge in [0, 0.05) is 11.1 Å². The summed E-state index contributed by atoms with van der Waals surface area (Å²) in [5.41, 5.74) is 0.537. The van der Waals surface area contributed by atoms with Gasteiger partial charge in [0.05, 0.1) is 17.1 Å². The van der Waals surface area contributed by atoms with Crippen LogP contribution in [-0.2, 0) is 4.74 Å². The van der Waals surface area contributed by atoms with Gasteiger partial charge in [0.1, 0.15) is 22.2 Å². The van der Waals surface area contributed by atoms with Crippen LogP contribution in [-0.4, -0.2) is 22.3 Å². The number of pyridine rings is 1. The second kappa shape index (κ2) is 9.73. The number of thioether (sulfide) groups is 1. The minimum atomic E-state index is -0.725. The quantitative estimate of drug-likeness (QED) is 0.238. The van der Waals surface area contributed by atoms with Crippen LogP contribution in [0.3, 0.4) is 0 Å². The first-order valence-electron chi connectivity index (χ1n) is 10.5. The van der Waals surface area contributed by atoms with E-state index in [4.69, 9.17) is 20.8 Å². The topological polar surface area (TPSA) is 81.4 Å². The van der Waals surface area contributed by atoms with Gasteiger partial charge in [-0.15, -0.1) is 0 Å². The molecule has 9 heteroatoms. The number of carbonyl (C=O) groups excluding carboxylic acids is 1. The van der Waals surface area contributed by atoms with Crippen molar-refractivity contribution < 1.29 is 18.3 Å². The molecule has 176 valence electrons. The van der Waals surface area contributed by atoms with Crippen molar-refractivity contribution in [3.8, 4) is 0 Å². The zero-order chi connectivity index (χ0) is 24.5. The van der Waals surface area contributed by atoms with Crippen molar-refractivity contribution in [3.63, 3.8) is 0 Å². The predicted molar refractivity (Wildman–Crippen MR) is 130 cm³/mol. The Kier molecular flexibility index (Phi) is 7.39. The summed E-state index contributed by atoms with van der Waals surface area (Å²) < 4.78 is 26.0. The normalized spacial score (nSPS) is 12.6. The molecule has 0 radical (unpaired) electrons. The molecule has 1 aromatic carbocycles. The van der Waals surface area contributed by atoms with Crippen molar-refractivity contribution >= 4 is 46.0 Å². The number of benzene rings is 1. The Morgan fingerprint density at radius 3 is 2.67 bits per heavy atom. The standard InChI is InChI=1S/C24H26ClFN2O4S/c1-7-33-23-12(2)20(29)16-11-14(26)10-15(21(16)31-23)13(3)27-17-8-9-18(25)28-19(17)22(30)32-24(4,5)6/h8-11,13,27H,7H2,1-6H3. The second-order valence-electron chi connectivity index (χ2n) is 8.55. The first kappa shape index (κ1) is 25.1. The minimum absolute atomic E-state index is 0.00417. The highest BCUT2D eigenvalue weighted by Crippen LogP contribution is 2.32. The van der Waals surface area contributed by atoms with Crippen molar-refractivity contribution in [1.29, 1.82) is 0 Å². The summed E-state index contributed by atoms with van der Waals surface area (Å²) in [6.07, 6.45) is 0. The summed E-state index contributed by atoms with van der Waals surface area (Å²) >= 11 is 7.42. The molecule has 1 atom stereocenters. The zero-order valence-electron chi connectivity index (χ0n) is 19.3. The molecule has 2 aromatic heterocycles. The molecule has 33 heavy (non-hydrogen) atoms. The van der Waals surface area contributed by atoms with E-state index >= 15 is 0 Å². The Morgan fingerprint density at radius 2 is 2.03 bits per heavy atom. The van der Waals surface area contributed by atoms with Crippen molar-refractivity contribution in [2.45, 2.75) is 58.3 Å². The van der Waals surface area contributed by atoms with Crippen LogP contribution in [0.5, 0.6) is 0 Å². The highest BCUT2D eigenvalue weighted by atomic mass is 35.5. The third-order valence-corrected chi connectivity index (χ3v) is 5.89. The monoisotopic (exact) mass is 492 g/mol. The average Bonchev–Trinajstić information content (AvgIpc) is 2.72. The number of hydrogen-bond donors (Lipinski definition) is 1. The van der Waals surface area contributed by atoms with Crippen LogP contribution in [0.2, 0.25) is 5.15 Å². The number of aromatic nitrogens is 1. The predicted octanol–water partition coefficient (Wildman–Crippen LogP) is 6.53. The lowest BCUT2D eigenvalue weighted by atomic mass is 10.0. The SMILES string of the molecule is CCSc1oc2c(C(C)Nc3ccc(Cl)nc3C(=O)OC(C)(C)C)cc(F)cc2c(=O)c1C. The van der Waals surface area contributed by atoms with E-state index in [0.29, 0.717) is 27.5 Å². The van der Waals surface area contributed by atoms with Gasteiger partial charge in [-0.25, -0.2) is 14.2 Å². The van der Waals surface area contributed by atoms with Gasteiger partial charge < -0.3 is 14.5 Å². The van der Waals surface area contributed by atoms with E-state index in [0.717, 1.165) is 5.75 Å². The Hall–Kier alpha value is -2.58. The fourth-order valence-electron chi connectivity index (χ4n) is 3.30. The number of carbonyl (C=O) groups is 1. The third kappa shape index (κ3) is 5.68. The molecule has 0 fully saturated rings. The van der Waals surface area contributed by atoms with Gasteiger partial charge in [0.25, 0.3) is 0 Å². The maximum absolute atomic E-state index is 14.5. The highest BCUT2D eigenvalue weighted by molar-refractivity contribution is 7.99. The van der Waals surface area contributed by atoms with Gasteiger partial charge in [0.15, 0.2) is 16.2 Å². The van der Waals surface area contributed by atoms with Crippen molar-refractivity contribution in [2.24, 2.45) is 0 Å². The minimum Gasteiger partial charge on any atom is -0.455 e. The number of halogens is 2. The Labute approximate surface area is 200 Å².